The number of rotatable bonds is 1. The lowest BCUT2D eigenvalue weighted by molar-refractivity contribution is -0.137. The molecule has 0 saturated heterocycles. The number of Topliss-reactive ketones (excluding diaryl/α,β-unsaturated/α-hetero) is 1. The maximum Gasteiger partial charge on any atom is 0.161 e. The lowest BCUT2D eigenvalue weighted by atomic mass is 9.59. The normalized spacial score (nSPS) is 25.3. The van der Waals surface area contributed by atoms with Gasteiger partial charge in [0.1, 0.15) is 19.0 Å². The minimum Gasteiger partial charge on any atom is -0.486 e. The van der Waals surface area contributed by atoms with Crippen molar-refractivity contribution in [1.82, 2.24) is 0 Å². The summed E-state index contributed by atoms with van der Waals surface area (Å²) in [7, 11) is 0. The van der Waals surface area contributed by atoms with Crippen LogP contribution in [0.1, 0.15) is 31.7 Å². The van der Waals surface area contributed by atoms with E-state index in [9.17, 15) is 4.79 Å². The van der Waals surface area contributed by atoms with E-state index >= 15 is 0 Å². The van der Waals surface area contributed by atoms with Crippen molar-refractivity contribution in [3.63, 3.8) is 0 Å². The van der Waals surface area contributed by atoms with E-state index in [4.69, 9.17) is 9.47 Å². The van der Waals surface area contributed by atoms with E-state index in [0.29, 0.717) is 31.3 Å². The van der Waals surface area contributed by atoms with Crippen molar-refractivity contribution in [2.45, 2.75) is 26.2 Å². The van der Waals surface area contributed by atoms with Crippen LogP contribution >= 0.6 is 0 Å². The maximum absolute atomic E-state index is 11.6. The van der Waals surface area contributed by atoms with Gasteiger partial charge in [-0.15, -0.1) is 0 Å². The largest absolute Gasteiger partial charge is 0.486 e. The third-order valence-corrected chi connectivity index (χ3v) is 3.95. The molecular formula is C14H16O3. The van der Waals surface area contributed by atoms with Crippen LogP contribution in [0, 0.1) is 5.41 Å². The fourth-order valence-electron chi connectivity index (χ4n) is 2.58. The minimum absolute atomic E-state index is 0.232. The van der Waals surface area contributed by atoms with Gasteiger partial charge in [0.25, 0.3) is 0 Å². The van der Waals surface area contributed by atoms with Crippen LogP contribution in [0.15, 0.2) is 18.2 Å². The lowest BCUT2D eigenvalue weighted by Crippen LogP contribution is -2.43. The standard InChI is InChI=1S/C14H16O3/c1-14(2)10(8-13(14)15)9-3-4-11-12(7-9)17-6-5-16-11/h3-4,7,10H,5-6,8H2,1-2H3. The first-order valence-corrected chi connectivity index (χ1v) is 6.02. The molecule has 0 radical (unpaired) electrons. The molecule has 0 bridgehead atoms. The first-order valence-electron chi connectivity index (χ1n) is 6.02. The highest BCUT2D eigenvalue weighted by molar-refractivity contribution is 5.92. The molecule has 2 aliphatic rings. The Morgan fingerprint density at radius 3 is 2.53 bits per heavy atom. The minimum atomic E-state index is -0.232. The van der Waals surface area contributed by atoms with Crippen LogP contribution in [0.2, 0.25) is 0 Å². The highest BCUT2D eigenvalue weighted by atomic mass is 16.6. The average molecular weight is 232 g/mol. The van der Waals surface area contributed by atoms with Gasteiger partial charge < -0.3 is 9.47 Å². The van der Waals surface area contributed by atoms with E-state index in [1.54, 1.807) is 0 Å². The van der Waals surface area contributed by atoms with Crippen LogP contribution in [0.4, 0.5) is 0 Å². The molecule has 0 aromatic heterocycles. The highest BCUT2D eigenvalue weighted by Crippen LogP contribution is 2.50. The van der Waals surface area contributed by atoms with E-state index < -0.39 is 0 Å². The summed E-state index contributed by atoms with van der Waals surface area (Å²) in [6, 6.07) is 6.02. The van der Waals surface area contributed by atoms with Crippen LogP contribution in [0.5, 0.6) is 11.5 Å². The maximum atomic E-state index is 11.6. The van der Waals surface area contributed by atoms with Crippen molar-refractivity contribution in [3.8, 4) is 11.5 Å². The molecule has 0 N–H and O–H groups in total. The molecule has 3 rings (SSSR count). The molecule has 1 aliphatic heterocycles. The van der Waals surface area contributed by atoms with Gasteiger partial charge in [0.05, 0.1) is 0 Å². The van der Waals surface area contributed by atoms with Crippen molar-refractivity contribution in [2.75, 3.05) is 13.2 Å². The summed E-state index contributed by atoms with van der Waals surface area (Å²) in [6.07, 6.45) is 0.645. The molecule has 0 amide bonds. The summed E-state index contributed by atoms with van der Waals surface area (Å²) in [5, 5.41) is 0. The molecule has 1 unspecified atom stereocenters. The zero-order chi connectivity index (χ0) is 12.0. The Morgan fingerprint density at radius 2 is 1.88 bits per heavy atom. The molecule has 1 atom stereocenters. The molecule has 0 spiro atoms. The lowest BCUT2D eigenvalue weighted by Gasteiger charge is -2.43. The smallest absolute Gasteiger partial charge is 0.161 e. The second-order valence-corrected chi connectivity index (χ2v) is 5.30. The molecule has 1 aromatic rings. The Bertz CT molecular complexity index is 476. The SMILES string of the molecule is CC1(C)C(=O)CC1c1ccc2c(c1)OCCO2. The summed E-state index contributed by atoms with van der Waals surface area (Å²) in [5.41, 5.74) is 0.947. The highest BCUT2D eigenvalue weighted by Gasteiger charge is 2.47. The van der Waals surface area contributed by atoms with Gasteiger partial charge in [-0.05, 0) is 17.7 Å². The Hall–Kier alpha value is -1.51. The third kappa shape index (κ3) is 1.53. The van der Waals surface area contributed by atoms with Gasteiger partial charge in [0, 0.05) is 17.8 Å². The number of hydrogen-bond acceptors (Lipinski definition) is 3. The first kappa shape index (κ1) is 10.6. The van der Waals surface area contributed by atoms with Crippen LogP contribution in [-0.2, 0) is 4.79 Å². The predicted molar refractivity (Wildman–Crippen MR) is 63.6 cm³/mol. The van der Waals surface area contributed by atoms with Crippen LogP contribution in [0.3, 0.4) is 0 Å². The van der Waals surface area contributed by atoms with Crippen molar-refractivity contribution < 1.29 is 14.3 Å². The van der Waals surface area contributed by atoms with Gasteiger partial charge in [0.15, 0.2) is 11.5 Å². The average Bonchev–Trinajstić information content (AvgIpc) is 2.35. The molecule has 1 aliphatic carbocycles. The molecule has 90 valence electrons. The van der Waals surface area contributed by atoms with Crippen LogP contribution in [0.25, 0.3) is 0 Å². The molecular weight excluding hydrogens is 216 g/mol. The number of ether oxygens (including phenoxy) is 2. The first-order chi connectivity index (χ1) is 8.09. The number of ketones is 1. The van der Waals surface area contributed by atoms with Crippen molar-refractivity contribution in [1.29, 1.82) is 0 Å². The quantitative estimate of drug-likeness (QED) is 0.746. The van der Waals surface area contributed by atoms with E-state index in [1.807, 2.05) is 32.0 Å². The van der Waals surface area contributed by atoms with Crippen LogP contribution in [-0.4, -0.2) is 19.0 Å². The number of benzene rings is 1. The third-order valence-electron chi connectivity index (χ3n) is 3.95. The topological polar surface area (TPSA) is 35.5 Å². The van der Waals surface area contributed by atoms with E-state index in [2.05, 4.69) is 0 Å². The Balaban J connectivity index is 1.92. The zero-order valence-electron chi connectivity index (χ0n) is 10.2. The second-order valence-electron chi connectivity index (χ2n) is 5.30. The summed E-state index contributed by atoms with van der Waals surface area (Å²) in [6.45, 7) is 5.24. The van der Waals surface area contributed by atoms with Gasteiger partial charge in [-0.25, -0.2) is 0 Å². The second kappa shape index (κ2) is 3.49. The summed E-state index contributed by atoms with van der Waals surface area (Å²) < 4.78 is 11.1. The van der Waals surface area contributed by atoms with Crippen LogP contribution < -0.4 is 9.47 Å². The van der Waals surface area contributed by atoms with Crippen molar-refractivity contribution >= 4 is 5.78 Å². The number of hydrogen-bond donors (Lipinski definition) is 0. The van der Waals surface area contributed by atoms with E-state index in [1.165, 1.54) is 5.56 Å². The molecule has 1 aromatic carbocycles. The Morgan fingerprint density at radius 1 is 1.18 bits per heavy atom. The molecule has 1 heterocycles. The van der Waals surface area contributed by atoms with E-state index in [-0.39, 0.29) is 5.41 Å². The van der Waals surface area contributed by atoms with E-state index in [0.717, 1.165) is 11.5 Å². The van der Waals surface area contributed by atoms with Gasteiger partial charge in [0.2, 0.25) is 0 Å². The van der Waals surface area contributed by atoms with Gasteiger partial charge >= 0.3 is 0 Å². The van der Waals surface area contributed by atoms with Gasteiger partial charge in [-0.3, -0.25) is 4.79 Å². The molecule has 17 heavy (non-hydrogen) atoms. The molecule has 1 fully saturated rings. The summed E-state index contributed by atoms with van der Waals surface area (Å²) in [5.74, 6) is 2.27. The fraction of sp³-hybridized carbons (Fsp3) is 0.500. The molecule has 1 saturated carbocycles. The zero-order valence-corrected chi connectivity index (χ0v) is 10.2. The fourth-order valence-corrected chi connectivity index (χ4v) is 2.58. The summed E-state index contributed by atoms with van der Waals surface area (Å²) in [4.78, 5) is 11.6. The molecule has 3 heteroatoms. The van der Waals surface area contributed by atoms with Crippen molar-refractivity contribution in [2.24, 2.45) is 5.41 Å². The van der Waals surface area contributed by atoms with Crippen molar-refractivity contribution in [3.05, 3.63) is 23.8 Å². The Kier molecular flexibility index (Phi) is 2.18. The number of carbonyl (C=O) groups is 1. The summed E-state index contributed by atoms with van der Waals surface area (Å²) >= 11 is 0. The molecule has 3 nitrogen and oxygen atoms in total. The number of carbonyl (C=O) groups excluding carboxylic acids is 1. The van der Waals surface area contributed by atoms with Gasteiger partial charge in [-0.2, -0.15) is 0 Å². The monoisotopic (exact) mass is 232 g/mol. The predicted octanol–water partition coefficient (Wildman–Crippen LogP) is 2.54. The Labute approximate surface area is 101 Å². The van der Waals surface area contributed by atoms with Gasteiger partial charge in [-0.1, -0.05) is 19.9 Å². The number of fused-ring (bicyclic) bond motifs is 1.